The summed E-state index contributed by atoms with van der Waals surface area (Å²) >= 11 is 0. The van der Waals surface area contributed by atoms with E-state index < -0.39 is 0 Å². The smallest absolute Gasteiger partial charge is 0.328 e. The van der Waals surface area contributed by atoms with E-state index in [1.165, 1.54) is 31.5 Å². The normalized spacial score (nSPS) is 14.7. The molecule has 0 atom stereocenters. The lowest BCUT2D eigenvalue weighted by atomic mass is 10.1. The Labute approximate surface area is 171 Å². The highest BCUT2D eigenvalue weighted by Crippen LogP contribution is 2.14. The Kier molecular flexibility index (Phi) is 6.21. The number of H-pyrrole nitrogens is 1. The van der Waals surface area contributed by atoms with E-state index in [4.69, 9.17) is 9.47 Å². The molecule has 1 aliphatic heterocycles. The predicted octanol–water partition coefficient (Wildman–Crippen LogP) is 2.08. The van der Waals surface area contributed by atoms with Crippen molar-refractivity contribution in [1.82, 2.24) is 24.4 Å². The summed E-state index contributed by atoms with van der Waals surface area (Å²) in [6.07, 6.45) is 5.27. The molecular weight excluding hydrogens is 370 g/mol. The first kappa shape index (κ1) is 19.6. The first-order valence-electron chi connectivity index (χ1n) is 10.1. The summed E-state index contributed by atoms with van der Waals surface area (Å²) in [5.41, 5.74) is 3.30. The number of hydrogen-bond donors (Lipinski definition) is 1. The van der Waals surface area contributed by atoms with E-state index in [1.807, 2.05) is 0 Å². The Balaban J connectivity index is 0.00000256. The number of nitrogens with one attached hydrogen (secondary N) is 1. The molecule has 1 N–H and O–H groups in total. The number of imidazole rings is 1. The van der Waals surface area contributed by atoms with Gasteiger partial charge in [0.05, 0.1) is 19.3 Å². The molecule has 1 aromatic carbocycles. The van der Waals surface area contributed by atoms with Gasteiger partial charge in [0.2, 0.25) is 0 Å². The number of benzene rings is 1. The fourth-order valence-corrected chi connectivity index (χ4v) is 3.65. The molecule has 0 amide bonds. The van der Waals surface area contributed by atoms with E-state index in [1.54, 1.807) is 17.9 Å². The fourth-order valence-electron chi connectivity index (χ4n) is 3.65. The van der Waals surface area contributed by atoms with Gasteiger partial charge in [-0.05, 0) is 43.5 Å². The summed E-state index contributed by atoms with van der Waals surface area (Å²) in [6, 6.07) is 8.71. The van der Waals surface area contributed by atoms with E-state index in [9.17, 15) is 4.79 Å². The van der Waals surface area contributed by atoms with Crippen molar-refractivity contribution >= 4 is 11.2 Å². The lowest BCUT2D eigenvalue weighted by Gasteiger charge is -2.14. The Bertz CT molecular complexity index is 996. The van der Waals surface area contributed by atoms with Gasteiger partial charge in [-0.25, -0.2) is 9.78 Å². The monoisotopic (exact) mass is 399 g/mol. The maximum atomic E-state index is 12.4. The van der Waals surface area contributed by atoms with Crippen LogP contribution in [0.4, 0.5) is 0 Å². The molecule has 0 unspecified atom stereocenters. The van der Waals surface area contributed by atoms with E-state index in [2.05, 4.69) is 44.1 Å². The fraction of sp³-hybridized carbons (Fsp3) is 0.476. The second-order valence-corrected chi connectivity index (χ2v) is 7.36. The summed E-state index contributed by atoms with van der Waals surface area (Å²) in [5.74, 6) is 0. The van der Waals surface area contributed by atoms with Crippen LogP contribution in [0.3, 0.4) is 0 Å². The van der Waals surface area contributed by atoms with Gasteiger partial charge in [0.15, 0.2) is 5.65 Å². The van der Waals surface area contributed by atoms with Crippen LogP contribution >= 0.6 is 0 Å². The molecule has 0 radical (unpaired) electrons. The average Bonchev–Trinajstić information content (AvgIpc) is 3.36. The van der Waals surface area contributed by atoms with Gasteiger partial charge >= 0.3 is 11.7 Å². The van der Waals surface area contributed by atoms with E-state index in [-0.39, 0.29) is 13.1 Å². The summed E-state index contributed by atoms with van der Waals surface area (Å²) in [5, 5.41) is 0. The molecule has 0 spiro atoms. The molecule has 1 saturated heterocycles. The van der Waals surface area contributed by atoms with Crippen molar-refractivity contribution in [3.8, 4) is 6.01 Å². The second-order valence-electron chi connectivity index (χ2n) is 7.36. The topological polar surface area (TPSA) is 85.3 Å². The first-order valence-corrected chi connectivity index (χ1v) is 10.1. The van der Waals surface area contributed by atoms with Crippen molar-refractivity contribution in [1.29, 1.82) is 0 Å². The Hall–Kier alpha value is -2.71. The highest BCUT2D eigenvalue weighted by Gasteiger charge is 2.12. The van der Waals surface area contributed by atoms with Crippen molar-refractivity contribution < 1.29 is 10.9 Å². The molecule has 29 heavy (non-hydrogen) atoms. The molecule has 0 aliphatic carbocycles. The van der Waals surface area contributed by atoms with Crippen LogP contribution in [0.15, 0.2) is 35.3 Å². The van der Waals surface area contributed by atoms with E-state index in [0.717, 1.165) is 18.5 Å². The van der Waals surface area contributed by atoms with Crippen molar-refractivity contribution in [3.63, 3.8) is 0 Å². The van der Waals surface area contributed by atoms with Gasteiger partial charge in [0.1, 0.15) is 12.1 Å². The van der Waals surface area contributed by atoms with Crippen molar-refractivity contribution in [2.75, 3.05) is 40.0 Å². The number of hydrogen-bond acceptors (Lipinski definition) is 6. The maximum Gasteiger partial charge on any atom is 0.328 e. The van der Waals surface area contributed by atoms with Crippen molar-refractivity contribution in [2.45, 2.75) is 25.8 Å². The van der Waals surface area contributed by atoms with Crippen LogP contribution in [0.5, 0.6) is 6.01 Å². The minimum atomic E-state index is -0.207. The minimum absolute atomic E-state index is 0. The number of aromatic amines is 1. The average molecular weight is 399 g/mol. The molecule has 8 nitrogen and oxygen atoms in total. The van der Waals surface area contributed by atoms with Crippen LogP contribution in [0.25, 0.3) is 11.2 Å². The summed E-state index contributed by atoms with van der Waals surface area (Å²) < 4.78 is 12.1. The van der Waals surface area contributed by atoms with Gasteiger partial charge < -0.3 is 19.4 Å². The molecule has 0 saturated carbocycles. The Morgan fingerprint density at radius 1 is 1.14 bits per heavy atom. The van der Waals surface area contributed by atoms with Crippen LogP contribution < -0.4 is 10.4 Å². The second kappa shape index (κ2) is 9.19. The zero-order valence-corrected chi connectivity index (χ0v) is 16.8. The van der Waals surface area contributed by atoms with Gasteiger partial charge in [-0.1, -0.05) is 24.3 Å². The number of nitrogens with zero attached hydrogens (tertiary/aromatic N) is 4. The standard InChI is InChI=1S/C21H27N5O3.H2/c1-28-12-13-29-20-22-14-18-19(24-20)26(21(27)23-18)15-17-6-4-16(5-7-17)8-11-25-9-2-3-10-25;/h4-7,14H,2-3,8-13,15H2,1H3,(H,23,27);1H. The molecule has 8 heteroatoms. The Morgan fingerprint density at radius 3 is 2.66 bits per heavy atom. The van der Waals surface area contributed by atoms with Crippen LogP contribution in [-0.4, -0.2) is 64.4 Å². The zero-order chi connectivity index (χ0) is 20.1. The zero-order valence-electron chi connectivity index (χ0n) is 16.8. The van der Waals surface area contributed by atoms with Gasteiger partial charge in [0, 0.05) is 15.1 Å². The highest BCUT2D eigenvalue weighted by molar-refractivity contribution is 5.69. The van der Waals surface area contributed by atoms with Crippen molar-refractivity contribution in [2.24, 2.45) is 0 Å². The third-order valence-corrected chi connectivity index (χ3v) is 5.29. The molecule has 1 fully saturated rings. The SMILES string of the molecule is COCCOc1ncc2[nH]c(=O)n(Cc3ccc(CCN4CCCC4)cc3)c2n1.[HH]. The van der Waals surface area contributed by atoms with E-state index >= 15 is 0 Å². The molecule has 3 heterocycles. The van der Waals surface area contributed by atoms with Crippen molar-refractivity contribution in [3.05, 3.63) is 52.1 Å². The number of ether oxygens (including phenoxy) is 2. The quantitative estimate of drug-likeness (QED) is 0.555. The highest BCUT2D eigenvalue weighted by atomic mass is 16.5. The minimum Gasteiger partial charge on any atom is -0.461 e. The predicted molar refractivity (Wildman–Crippen MR) is 113 cm³/mol. The molecule has 4 rings (SSSR count). The molecular formula is C21H29N5O3. The summed E-state index contributed by atoms with van der Waals surface area (Å²) in [4.78, 5) is 26.2. The van der Waals surface area contributed by atoms with Crippen LogP contribution in [0, 0.1) is 0 Å². The lowest BCUT2D eigenvalue weighted by molar-refractivity contribution is 0.141. The number of likely N-dealkylation sites (tertiary alicyclic amines) is 1. The number of fused-ring (bicyclic) bond motifs is 1. The number of rotatable bonds is 9. The third-order valence-electron chi connectivity index (χ3n) is 5.29. The molecule has 1 aliphatic rings. The van der Waals surface area contributed by atoms with Gasteiger partial charge in [-0.2, -0.15) is 4.98 Å². The number of aromatic nitrogens is 4. The van der Waals surface area contributed by atoms with Gasteiger partial charge in [-0.15, -0.1) is 0 Å². The van der Waals surface area contributed by atoms with Crippen LogP contribution in [0.2, 0.25) is 0 Å². The maximum absolute atomic E-state index is 12.4. The Morgan fingerprint density at radius 2 is 1.90 bits per heavy atom. The molecule has 3 aromatic rings. The number of methoxy groups -OCH3 is 1. The molecule has 0 bridgehead atoms. The third kappa shape index (κ3) is 4.83. The van der Waals surface area contributed by atoms with Crippen LogP contribution in [0.1, 0.15) is 25.4 Å². The van der Waals surface area contributed by atoms with Crippen LogP contribution in [-0.2, 0) is 17.7 Å². The van der Waals surface area contributed by atoms with Gasteiger partial charge in [-0.3, -0.25) is 4.57 Å². The largest absolute Gasteiger partial charge is 0.461 e. The van der Waals surface area contributed by atoms with E-state index in [0.29, 0.717) is 30.9 Å². The summed E-state index contributed by atoms with van der Waals surface area (Å²) in [7, 11) is 1.61. The molecule has 2 aromatic heterocycles. The summed E-state index contributed by atoms with van der Waals surface area (Å²) in [6.45, 7) is 4.81. The molecule has 156 valence electrons. The first-order chi connectivity index (χ1) is 14.2. The van der Waals surface area contributed by atoms with Gasteiger partial charge in [0.25, 0.3) is 0 Å². The lowest BCUT2D eigenvalue weighted by Crippen LogP contribution is -2.22.